The van der Waals surface area contributed by atoms with Crippen LogP contribution < -0.4 is 0 Å². The lowest BCUT2D eigenvalue weighted by Crippen LogP contribution is -2.44. The fourth-order valence-corrected chi connectivity index (χ4v) is 3.76. The number of hydrogen-bond acceptors (Lipinski definition) is 3. The Morgan fingerprint density at radius 3 is 2.62 bits per heavy atom. The number of rotatable bonds is 7. The van der Waals surface area contributed by atoms with Crippen LogP contribution in [0.3, 0.4) is 0 Å². The van der Waals surface area contributed by atoms with Crippen LogP contribution in [0.1, 0.15) is 44.1 Å². The summed E-state index contributed by atoms with van der Waals surface area (Å²) in [6, 6.07) is 7.97. The molecule has 1 saturated heterocycles. The summed E-state index contributed by atoms with van der Waals surface area (Å²) in [5, 5.41) is 8.97. The zero-order valence-electron chi connectivity index (χ0n) is 13.9. The van der Waals surface area contributed by atoms with Gasteiger partial charge in [0, 0.05) is 36.7 Å². The first-order chi connectivity index (χ1) is 11.5. The maximum atomic E-state index is 12.8. The van der Waals surface area contributed by atoms with Gasteiger partial charge in [-0.2, -0.15) is 0 Å². The fraction of sp³-hybridized carbons (Fsp3) is 0.556. The second-order valence-corrected chi connectivity index (χ2v) is 7.06. The molecule has 1 N–H and O–H groups in total. The number of aliphatic carboxylic acids is 1. The number of amides is 1. The highest BCUT2D eigenvalue weighted by Gasteiger charge is 2.27. The van der Waals surface area contributed by atoms with Crippen molar-refractivity contribution in [2.24, 2.45) is 0 Å². The first kappa shape index (κ1) is 18.9. The SMILES string of the molecule is C[C@H](CC(=O)N(CCC(=O)O)C1CCOCC1)c1ccccc1Br. The van der Waals surface area contributed by atoms with Gasteiger partial charge in [0.1, 0.15) is 0 Å². The molecule has 6 heteroatoms. The zero-order chi connectivity index (χ0) is 17.5. The second-order valence-electron chi connectivity index (χ2n) is 6.20. The summed E-state index contributed by atoms with van der Waals surface area (Å²) in [6.07, 6.45) is 1.90. The lowest BCUT2D eigenvalue weighted by atomic mass is 9.96. The van der Waals surface area contributed by atoms with Crippen molar-refractivity contribution in [2.75, 3.05) is 19.8 Å². The Bertz CT molecular complexity index is 572. The first-order valence-corrected chi connectivity index (χ1v) is 9.11. The Labute approximate surface area is 151 Å². The maximum absolute atomic E-state index is 12.8. The van der Waals surface area contributed by atoms with Crippen LogP contribution in [-0.2, 0) is 14.3 Å². The summed E-state index contributed by atoms with van der Waals surface area (Å²) in [6.45, 7) is 3.54. The van der Waals surface area contributed by atoms with E-state index in [4.69, 9.17) is 9.84 Å². The van der Waals surface area contributed by atoms with Gasteiger partial charge in [0.2, 0.25) is 5.91 Å². The Morgan fingerprint density at radius 1 is 1.33 bits per heavy atom. The van der Waals surface area contributed by atoms with Crippen LogP contribution >= 0.6 is 15.9 Å². The molecule has 1 fully saturated rings. The summed E-state index contributed by atoms with van der Waals surface area (Å²) in [5.41, 5.74) is 1.09. The molecule has 0 unspecified atom stereocenters. The third-order valence-corrected chi connectivity index (χ3v) is 5.16. The van der Waals surface area contributed by atoms with Gasteiger partial charge in [-0.3, -0.25) is 9.59 Å². The number of carboxylic acid groups (broad SMARTS) is 1. The molecule has 5 nitrogen and oxygen atoms in total. The van der Waals surface area contributed by atoms with Crippen molar-refractivity contribution in [3.05, 3.63) is 34.3 Å². The van der Waals surface area contributed by atoms with Crippen molar-refractivity contribution in [3.63, 3.8) is 0 Å². The van der Waals surface area contributed by atoms with Gasteiger partial charge < -0.3 is 14.7 Å². The van der Waals surface area contributed by atoms with Gasteiger partial charge in [0.15, 0.2) is 0 Å². The van der Waals surface area contributed by atoms with E-state index in [0.29, 0.717) is 19.6 Å². The van der Waals surface area contributed by atoms with Crippen molar-refractivity contribution >= 4 is 27.8 Å². The minimum atomic E-state index is -0.876. The molecule has 24 heavy (non-hydrogen) atoms. The van der Waals surface area contributed by atoms with Gasteiger partial charge in [0.05, 0.1) is 6.42 Å². The number of halogens is 1. The Morgan fingerprint density at radius 2 is 2.00 bits per heavy atom. The summed E-state index contributed by atoms with van der Waals surface area (Å²) in [7, 11) is 0. The molecule has 1 aliphatic heterocycles. The normalized spacial score (nSPS) is 16.6. The van der Waals surface area contributed by atoms with Crippen molar-refractivity contribution in [1.29, 1.82) is 0 Å². The molecule has 132 valence electrons. The van der Waals surface area contributed by atoms with Gasteiger partial charge in [-0.25, -0.2) is 0 Å². The molecule has 0 saturated carbocycles. The highest BCUT2D eigenvalue weighted by Crippen LogP contribution is 2.28. The molecule has 1 aromatic carbocycles. The predicted molar refractivity (Wildman–Crippen MR) is 95.0 cm³/mol. The van der Waals surface area contributed by atoms with E-state index in [0.717, 1.165) is 22.9 Å². The molecule has 1 atom stereocenters. The standard InChI is InChI=1S/C18H24BrNO4/c1-13(15-4-2-3-5-16(15)19)12-17(21)20(9-6-18(22)23)14-7-10-24-11-8-14/h2-5,13-14H,6-12H2,1H3,(H,22,23)/t13-/m1/s1. The Balaban J connectivity index is 2.05. The van der Waals surface area contributed by atoms with Crippen LogP contribution in [0.5, 0.6) is 0 Å². The van der Waals surface area contributed by atoms with E-state index >= 15 is 0 Å². The van der Waals surface area contributed by atoms with Gasteiger partial charge in [-0.05, 0) is 30.4 Å². The monoisotopic (exact) mass is 397 g/mol. The molecular weight excluding hydrogens is 374 g/mol. The van der Waals surface area contributed by atoms with E-state index in [2.05, 4.69) is 15.9 Å². The highest BCUT2D eigenvalue weighted by molar-refractivity contribution is 9.10. The van der Waals surface area contributed by atoms with Crippen molar-refractivity contribution in [2.45, 2.75) is 44.6 Å². The highest BCUT2D eigenvalue weighted by atomic mass is 79.9. The minimum Gasteiger partial charge on any atom is -0.481 e. The Hall–Kier alpha value is -1.40. The fourth-order valence-electron chi connectivity index (χ4n) is 3.09. The van der Waals surface area contributed by atoms with E-state index < -0.39 is 5.97 Å². The number of carboxylic acids is 1. The van der Waals surface area contributed by atoms with E-state index in [9.17, 15) is 9.59 Å². The molecule has 1 amide bonds. The summed E-state index contributed by atoms with van der Waals surface area (Å²) >= 11 is 3.53. The third-order valence-electron chi connectivity index (χ3n) is 4.44. The average Bonchev–Trinajstić information content (AvgIpc) is 2.56. The molecule has 0 spiro atoms. The predicted octanol–water partition coefficient (Wildman–Crippen LogP) is 3.43. The van der Waals surface area contributed by atoms with Crippen LogP contribution in [0.4, 0.5) is 0 Å². The number of carbonyl (C=O) groups excluding carboxylic acids is 1. The number of ether oxygens (including phenoxy) is 1. The van der Waals surface area contributed by atoms with E-state index in [1.165, 1.54) is 0 Å². The number of hydrogen-bond donors (Lipinski definition) is 1. The van der Waals surface area contributed by atoms with Crippen LogP contribution in [0.2, 0.25) is 0 Å². The van der Waals surface area contributed by atoms with Crippen LogP contribution in [0, 0.1) is 0 Å². The average molecular weight is 398 g/mol. The van der Waals surface area contributed by atoms with Crippen molar-refractivity contribution in [3.8, 4) is 0 Å². The summed E-state index contributed by atoms with van der Waals surface area (Å²) in [4.78, 5) is 25.5. The van der Waals surface area contributed by atoms with Gasteiger partial charge in [0.25, 0.3) is 0 Å². The van der Waals surface area contributed by atoms with Crippen LogP contribution in [0.15, 0.2) is 28.7 Å². The van der Waals surface area contributed by atoms with Crippen molar-refractivity contribution in [1.82, 2.24) is 4.90 Å². The molecule has 1 heterocycles. The molecule has 0 aliphatic carbocycles. The summed E-state index contributed by atoms with van der Waals surface area (Å²) in [5.74, 6) is -0.787. The lowest BCUT2D eigenvalue weighted by Gasteiger charge is -2.35. The van der Waals surface area contributed by atoms with Gasteiger partial charge >= 0.3 is 5.97 Å². The van der Waals surface area contributed by atoms with Crippen molar-refractivity contribution < 1.29 is 19.4 Å². The van der Waals surface area contributed by atoms with E-state index in [1.54, 1.807) is 4.90 Å². The molecule has 0 bridgehead atoms. The molecule has 0 aromatic heterocycles. The maximum Gasteiger partial charge on any atom is 0.305 e. The lowest BCUT2D eigenvalue weighted by molar-refractivity contribution is -0.140. The zero-order valence-corrected chi connectivity index (χ0v) is 15.5. The van der Waals surface area contributed by atoms with Gasteiger partial charge in [-0.1, -0.05) is 41.1 Å². The number of nitrogens with zero attached hydrogens (tertiary/aromatic N) is 1. The molecule has 2 rings (SSSR count). The largest absolute Gasteiger partial charge is 0.481 e. The van der Waals surface area contributed by atoms with Crippen LogP contribution in [0.25, 0.3) is 0 Å². The first-order valence-electron chi connectivity index (χ1n) is 8.32. The molecular formula is C18H24BrNO4. The van der Waals surface area contributed by atoms with Gasteiger partial charge in [-0.15, -0.1) is 0 Å². The van der Waals surface area contributed by atoms with E-state index in [-0.39, 0.29) is 30.8 Å². The topological polar surface area (TPSA) is 66.8 Å². The molecule has 1 aliphatic rings. The number of benzene rings is 1. The minimum absolute atomic E-state index is 0.0198. The van der Waals surface area contributed by atoms with E-state index in [1.807, 2.05) is 31.2 Å². The molecule has 1 aromatic rings. The number of carbonyl (C=O) groups is 2. The summed E-state index contributed by atoms with van der Waals surface area (Å²) < 4.78 is 6.35. The quantitative estimate of drug-likeness (QED) is 0.765. The Kier molecular flexibility index (Phi) is 7.24. The smallest absolute Gasteiger partial charge is 0.305 e. The molecule has 0 radical (unpaired) electrons. The second kappa shape index (κ2) is 9.18. The van der Waals surface area contributed by atoms with Crippen LogP contribution in [-0.4, -0.2) is 47.7 Å². The third kappa shape index (κ3) is 5.31.